The fraction of sp³-hybridized carbons (Fsp3) is 0.481. The number of carbonyl (C=O) groups excluding carboxylic acids is 1. The second-order valence-electron chi connectivity index (χ2n) is 10.8. The first-order valence-corrected chi connectivity index (χ1v) is 12.3. The molecule has 3 aromatic heterocycles. The average Bonchev–Trinajstić information content (AvgIpc) is 3.22. The first kappa shape index (κ1) is 29.0. The van der Waals surface area contributed by atoms with E-state index in [0.717, 1.165) is 4.57 Å². The van der Waals surface area contributed by atoms with Crippen LogP contribution in [0.25, 0.3) is 11.2 Å². The number of aryl methyl sites for hydroxylation is 1. The predicted octanol–water partition coefficient (Wildman–Crippen LogP) is 1.97. The van der Waals surface area contributed by atoms with Crippen LogP contribution in [0.3, 0.4) is 0 Å². The van der Waals surface area contributed by atoms with Gasteiger partial charge < -0.3 is 15.0 Å². The summed E-state index contributed by atoms with van der Waals surface area (Å²) in [6, 6.07) is 5.24. The molecule has 0 aromatic carbocycles. The largest absolute Gasteiger partial charge is 0.444 e. The van der Waals surface area contributed by atoms with E-state index < -0.39 is 28.5 Å². The molecule has 0 fully saturated rings. The Morgan fingerprint density at radius 2 is 1.90 bits per heavy atom. The smallest absolute Gasteiger partial charge is 0.408 e. The first-order chi connectivity index (χ1) is 18.2. The normalized spacial score (nSPS) is 11.5. The third-order valence-corrected chi connectivity index (χ3v) is 5.76. The van der Waals surface area contributed by atoms with E-state index in [9.17, 15) is 19.6 Å². The number of fused-ring (bicyclic) bond motifs is 1. The summed E-state index contributed by atoms with van der Waals surface area (Å²) in [7, 11) is 3.31. The Bertz CT molecular complexity index is 1620. The van der Waals surface area contributed by atoms with E-state index >= 15 is 0 Å². The van der Waals surface area contributed by atoms with Crippen LogP contribution in [-0.2, 0) is 24.9 Å². The molecular weight excluding hydrogens is 500 g/mol. The molecule has 206 valence electrons. The summed E-state index contributed by atoms with van der Waals surface area (Å²) in [5.41, 5.74) is -1.58. The Hall–Kier alpha value is -4.58. The van der Waals surface area contributed by atoms with E-state index in [-0.39, 0.29) is 29.8 Å². The Morgan fingerprint density at radius 3 is 2.51 bits per heavy atom. The molecule has 0 atom stereocenters. The standard InChI is InChI=1S/C27H34N8O4/c1-9-10-14-34-20-21(30-23(34)32(7)17-27(5,6)31-24(37)39-26(2,3)4)33(8)25(38)35(22(20)36)16-19-18(15-28)12-11-13-29-19/h11-13H,14,16-17H2,1-8H3,(H,31,37). The maximum atomic E-state index is 13.7. The Labute approximate surface area is 226 Å². The van der Waals surface area contributed by atoms with Crippen molar-refractivity contribution in [3.63, 3.8) is 0 Å². The Morgan fingerprint density at radius 1 is 1.21 bits per heavy atom. The van der Waals surface area contributed by atoms with Crippen LogP contribution in [0.5, 0.6) is 0 Å². The van der Waals surface area contributed by atoms with Crippen LogP contribution >= 0.6 is 0 Å². The first-order valence-electron chi connectivity index (χ1n) is 12.3. The highest BCUT2D eigenvalue weighted by Crippen LogP contribution is 2.21. The van der Waals surface area contributed by atoms with Crippen LogP contribution < -0.4 is 21.5 Å². The third kappa shape index (κ3) is 6.47. The minimum atomic E-state index is -0.741. The lowest BCUT2D eigenvalue weighted by Crippen LogP contribution is -2.52. The summed E-state index contributed by atoms with van der Waals surface area (Å²) < 4.78 is 9.38. The van der Waals surface area contributed by atoms with Crippen LogP contribution in [0.2, 0.25) is 0 Å². The molecule has 12 nitrogen and oxygen atoms in total. The molecule has 0 saturated carbocycles. The van der Waals surface area contributed by atoms with Gasteiger partial charge in [0.2, 0.25) is 5.95 Å². The van der Waals surface area contributed by atoms with Gasteiger partial charge in [-0.05, 0) is 53.7 Å². The van der Waals surface area contributed by atoms with Gasteiger partial charge >= 0.3 is 11.8 Å². The van der Waals surface area contributed by atoms with Crippen LogP contribution in [-0.4, -0.2) is 54.5 Å². The van der Waals surface area contributed by atoms with Crippen LogP contribution in [0.4, 0.5) is 10.7 Å². The number of rotatable bonds is 7. The van der Waals surface area contributed by atoms with Crippen molar-refractivity contribution in [3.8, 4) is 17.9 Å². The molecule has 0 spiro atoms. The van der Waals surface area contributed by atoms with Crippen molar-refractivity contribution in [2.45, 2.75) is 65.8 Å². The molecule has 0 aliphatic heterocycles. The number of aromatic nitrogens is 5. The number of likely N-dealkylation sites (N-methyl/N-ethyl adjacent to an activating group) is 1. The predicted molar refractivity (Wildman–Crippen MR) is 147 cm³/mol. The van der Waals surface area contributed by atoms with Crippen LogP contribution in [0, 0.1) is 23.2 Å². The van der Waals surface area contributed by atoms with E-state index in [1.54, 1.807) is 56.3 Å². The summed E-state index contributed by atoms with van der Waals surface area (Å²) in [6.07, 6.45) is 0.952. The maximum Gasteiger partial charge on any atom is 0.408 e. The van der Waals surface area contributed by atoms with E-state index in [2.05, 4.69) is 27.1 Å². The number of hydrogen-bond acceptors (Lipinski definition) is 8. The fourth-order valence-corrected chi connectivity index (χ4v) is 4.20. The minimum Gasteiger partial charge on any atom is -0.444 e. The number of nitrogens with one attached hydrogen (secondary N) is 1. The molecule has 1 amide bonds. The van der Waals surface area contributed by atoms with Crippen molar-refractivity contribution in [3.05, 3.63) is 50.4 Å². The topological polar surface area (TPSA) is 140 Å². The number of carbonyl (C=O) groups is 1. The molecule has 1 N–H and O–H groups in total. The molecule has 0 bridgehead atoms. The van der Waals surface area contributed by atoms with Crippen molar-refractivity contribution < 1.29 is 9.53 Å². The zero-order valence-corrected chi connectivity index (χ0v) is 23.6. The summed E-state index contributed by atoms with van der Waals surface area (Å²) in [5.74, 6) is 6.20. The van der Waals surface area contributed by atoms with Crippen molar-refractivity contribution in [2.24, 2.45) is 7.05 Å². The van der Waals surface area contributed by atoms with Gasteiger partial charge in [-0.15, -0.1) is 5.92 Å². The molecule has 39 heavy (non-hydrogen) atoms. The minimum absolute atomic E-state index is 0.146. The number of imidazole rings is 1. The lowest BCUT2D eigenvalue weighted by molar-refractivity contribution is 0.0475. The number of ether oxygens (including phenoxy) is 1. The van der Waals surface area contributed by atoms with Crippen molar-refractivity contribution in [2.75, 3.05) is 18.5 Å². The van der Waals surface area contributed by atoms with Crippen molar-refractivity contribution in [1.82, 2.24) is 29.0 Å². The van der Waals surface area contributed by atoms with E-state index in [0.29, 0.717) is 18.2 Å². The monoisotopic (exact) mass is 534 g/mol. The van der Waals surface area contributed by atoms with Gasteiger partial charge in [0, 0.05) is 26.8 Å². The van der Waals surface area contributed by atoms with Gasteiger partial charge in [0.15, 0.2) is 11.2 Å². The summed E-state index contributed by atoms with van der Waals surface area (Å²) >= 11 is 0. The molecule has 0 aliphatic rings. The molecule has 3 aromatic rings. The molecule has 12 heteroatoms. The van der Waals surface area contributed by atoms with Gasteiger partial charge in [0.1, 0.15) is 11.7 Å². The fourth-order valence-electron chi connectivity index (χ4n) is 4.20. The number of pyridine rings is 1. The number of anilines is 1. The van der Waals surface area contributed by atoms with Gasteiger partial charge in [0.25, 0.3) is 5.56 Å². The van der Waals surface area contributed by atoms with E-state index in [1.165, 1.54) is 17.8 Å². The molecular formula is C27H34N8O4. The van der Waals surface area contributed by atoms with Gasteiger partial charge in [-0.2, -0.15) is 10.2 Å². The van der Waals surface area contributed by atoms with Crippen LogP contribution in [0.1, 0.15) is 52.8 Å². The van der Waals surface area contributed by atoms with E-state index in [4.69, 9.17) is 4.74 Å². The van der Waals surface area contributed by atoms with Crippen molar-refractivity contribution in [1.29, 1.82) is 5.26 Å². The SMILES string of the molecule is CC#CCn1c(N(C)CC(C)(C)NC(=O)OC(C)(C)C)nc2c1c(=O)n(Cc1ncccc1C#N)c(=O)n2C. The van der Waals surface area contributed by atoms with Gasteiger partial charge in [0.05, 0.1) is 29.9 Å². The molecule has 3 rings (SSSR count). The van der Waals surface area contributed by atoms with E-state index in [1.807, 2.05) is 19.9 Å². The average molecular weight is 535 g/mol. The lowest BCUT2D eigenvalue weighted by Gasteiger charge is -2.32. The number of hydrogen-bond donors (Lipinski definition) is 1. The number of alkyl carbamates (subject to hydrolysis) is 1. The molecule has 0 aliphatic carbocycles. The lowest BCUT2D eigenvalue weighted by atomic mass is 10.1. The maximum absolute atomic E-state index is 13.7. The summed E-state index contributed by atoms with van der Waals surface area (Å²) in [5, 5.41) is 12.3. The van der Waals surface area contributed by atoms with Crippen molar-refractivity contribution >= 4 is 23.2 Å². The van der Waals surface area contributed by atoms with Gasteiger partial charge in [-0.1, -0.05) is 5.92 Å². The second-order valence-corrected chi connectivity index (χ2v) is 10.8. The quantitative estimate of drug-likeness (QED) is 0.454. The van der Waals surface area contributed by atoms with Crippen LogP contribution in [0.15, 0.2) is 27.9 Å². The zero-order valence-electron chi connectivity index (χ0n) is 23.6. The van der Waals surface area contributed by atoms with Gasteiger partial charge in [-0.25, -0.2) is 9.59 Å². The summed E-state index contributed by atoms with van der Waals surface area (Å²) in [4.78, 5) is 50.0. The summed E-state index contributed by atoms with van der Waals surface area (Å²) in [6.45, 7) is 11.0. The third-order valence-electron chi connectivity index (χ3n) is 5.76. The highest BCUT2D eigenvalue weighted by Gasteiger charge is 2.29. The number of nitriles is 1. The molecule has 0 unspecified atom stereocenters. The van der Waals surface area contributed by atoms with Gasteiger partial charge in [-0.3, -0.25) is 23.5 Å². The Kier molecular flexibility index (Phi) is 8.20. The Balaban J connectivity index is 2.11. The number of nitrogens with zero attached hydrogens (tertiary/aromatic N) is 7. The number of amides is 1. The second kappa shape index (κ2) is 11.0. The highest BCUT2D eigenvalue weighted by atomic mass is 16.6. The highest BCUT2D eigenvalue weighted by molar-refractivity contribution is 5.75. The molecule has 0 saturated heterocycles. The molecule has 3 heterocycles. The zero-order chi connectivity index (χ0) is 29.1. The molecule has 0 radical (unpaired) electrons.